The van der Waals surface area contributed by atoms with Crippen LogP contribution in [0.4, 0.5) is 0 Å². The molecule has 1 N–H and O–H groups in total. The lowest BCUT2D eigenvalue weighted by molar-refractivity contribution is 0.397. The number of hydrogen-bond acceptors (Lipinski definition) is 3. The zero-order chi connectivity index (χ0) is 12.8. The monoisotopic (exact) mass is 301 g/mol. The fourth-order valence-electron chi connectivity index (χ4n) is 1.53. The Kier molecular flexibility index (Phi) is 5.88. The molecular weight excluding hydrogens is 282 g/mol. The van der Waals surface area contributed by atoms with Crippen molar-refractivity contribution in [2.24, 2.45) is 0 Å². The summed E-state index contributed by atoms with van der Waals surface area (Å²) in [5, 5.41) is 3.31. The quantitative estimate of drug-likeness (QED) is 0.799. The Bertz CT molecular complexity index is 415. The molecular formula is C12H20BrN3O. The first kappa shape index (κ1) is 14.4. The summed E-state index contributed by atoms with van der Waals surface area (Å²) >= 11 is 3.40. The van der Waals surface area contributed by atoms with E-state index < -0.39 is 0 Å². The number of aryl methyl sites for hydroxylation is 1. The van der Waals surface area contributed by atoms with Crippen LogP contribution in [-0.2, 0) is 6.54 Å². The third kappa shape index (κ3) is 5.02. The molecule has 0 fully saturated rings. The summed E-state index contributed by atoms with van der Waals surface area (Å²) in [7, 11) is 4.09. The Morgan fingerprint density at radius 2 is 2.12 bits per heavy atom. The first-order chi connectivity index (χ1) is 8.00. The van der Waals surface area contributed by atoms with Crippen LogP contribution in [0, 0.1) is 6.92 Å². The second kappa shape index (κ2) is 6.93. The van der Waals surface area contributed by atoms with Crippen molar-refractivity contribution in [3.8, 4) is 0 Å². The lowest BCUT2D eigenvalue weighted by Gasteiger charge is -2.11. The first-order valence-corrected chi connectivity index (χ1v) is 6.52. The Balaban J connectivity index is 2.44. The van der Waals surface area contributed by atoms with Crippen molar-refractivity contribution in [3.05, 3.63) is 32.7 Å². The standard InChI is InChI=1S/C12H20BrN3O/c1-10-8-11(13)9-16(12(10)17)7-5-14-4-6-15(2)3/h8-9,14H,4-7H2,1-3H3. The third-order valence-electron chi connectivity index (χ3n) is 2.50. The zero-order valence-electron chi connectivity index (χ0n) is 10.7. The molecule has 5 heteroatoms. The smallest absolute Gasteiger partial charge is 0.253 e. The van der Waals surface area contributed by atoms with Crippen LogP contribution in [0.25, 0.3) is 0 Å². The minimum atomic E-state index is 0.0857. The number of nitrogens with one attached hydrogen (secondary N) is 1. The van der Waals surface area contributed by atoms with Gasteiger partial charge in [0.05, 0.1) is 0 Å². The Labute approximate surface area is 111 Å². The molecule has 0 radical (unpaired) electrons. The maximum absolute atomic E-state index is 11.8. The van der Waals surface area contributed by atoms with E-state index in [4.69, 9.17) is 0 Å². The molecule has 1 rings (SSSR count). The largest absolute Gasteiger partial charge is 0.314 e. The van der Waals surface area contributed by atoms with Crippen molar-refractivity contribution in [1.29, 1.82) is 0 Å². The molecule has 0 spiro atoms. The number of pyridine rings is 1. The Morgan fingerprint density at radius 3 is 2.76 bits per heavy atom. The number of rotatable bonds is 6. The second-order valence-corrected chi connectivity index (χ2v) is 5.31. The van der Waals surface area contributed by atoms with E-state index in [0.717, 1.165) is 29.7 Å². The molecule has 1 heterocycles. The normalized spacial score (nSPS) is 11.1. The van der Waals surface area contributed by atoms with Crippen molar-refractivity contribution in [2.75, 3.05) is 33.7 Å². The maximum atomic E-state index is 11.8. The summed E-state index contributed by atoms with van der Waals surface area (Å²) in [6.07, 6.45) is 1.84. The molecule has 0 aliphatic rings. The maximum Gasteiger partial charge on any atom is 0.253 e. The van der Waals surface area contributed by atoms with Gasteiger partial charge in [-0.25, -0.2) is 0 Å². The highest BCUT2D eigenvalue weighted by Crippen LogP contribution is 2.07. The van der Waals surface area contributed by atoms with Gasteiger partial charge in [-0.1, -0.05) is 0 Å². The molecule has 17 heavy (non-hydrogen) atoms. The molecule has 1 aromatic rings. The van der Waals surface area contributed by atoms with Crippen LogP contribution in [-0.4, -0.2) is 43.2 Å². The van der Waals surface area contributed by atoms with Gasteiger partial charge in [-0.3, -0.25) is 4.79 Å². The number of halogens is 1. The molecule has 0 bridgehead atoms. The van der Waals surface area contributed by atoms with Gasteiger partial charge < -0.3 is 14.8 Å². The topological polar surface area (TPSA) is 37.3 Å². The van der Waals surface area contributed by atoms with Crippen LogP contribution >= 0.6 is 15.9 Å². The van der Waals surface area contributed by atoms with E-state index in [0.29, 0.717) is 6.54 Å². The fraction of sp³-hybridized carbons (Fsp3) is 0.583. The number of aromatic nitrogens is 1. The predicted octanol–water partition coefficient (Wildman–Crippen LogP) is 1.07. The summed E-state index contributed by atoms with van der Waals surface area (Å²) in [5.41, 5.74) is 0.857. The van der Waals surface area contributed by atoms with Crippen LogP contribution in [0.1, 0.15) is 5.56 Å². The van der Waals surface area contributed by atoms with E-state index in [2.05, 4.69) is 26.1 Å². The number of hydrogen-bond donors (Lipinski definition) is 1. The second-order valence-electron chi connectivity index (χ2n) is 4.39. The fourth-order valence-corrected chi connectivity index (χ4v) is 2.12. The van der Waals surface area contributed by atoms with Crippen molar-refractivity contribution < 1.29 is 0 Å². The average molecular weight is 302 g/mol. The van der Waals surface area contributed by atoms with E-state index in [1.165, 1.54) is 0 Å². The lowest BCUT2D eigenvalue weighted by Crippen LogP contribution is -2.31. The molecule has 0 atom stereocenters. The zero-order valence-corrected chi connectivity index (χ0v) is 12.2. The van der Waals surface area contributed by atoms with Crippen LogP contribution in [0.15, 0.2) is 21.5 Å². The summed E-state index contributed by atoms with van der Waals surface area (Å²) in [5.74, 6) is 0. The van der Waals surface area contributed by atoms with Crippen molar-refractivity contribution in [3.63, 3.8) is 0 Å². The van der Waals surface area contributed by atoms with E-state index in [1.54, 1.807) is 4.57 Å². The summed E-state index contributed by atoms with van der Waals surface area (Å²) in [6.45, 7) is 5.29. The van der Waals surface area contributed by atoms with Crippen LogP contribution in [0.5, 0.6) is 0 Å². The van der Waals surface area contributed by atoms with Gasteiger partial charge in [-0.15, -0.1) is 0 Å². The highest BCUT2D eigenvalue weighted by atomic mass is 79.9. The number of nitrogens with zero attached hydrogens (tertiary/aromatic N) is 2. The minimum absolute atomic E-state index is 0.0857. The van der Waals surface area contributed by atoms with E-state index in [1.807, 2.05) is 33.3 Å². The highest BCUT2D eigenvalue weighted by molar-refractivity contribution is 9.10. The van der Waals surface area contributed by atoms with E-state index in [-0.39, 0.29) is 5.56 Å². The molecule has 96 valence electrons. The average Bonchev–Trinajstić information content (AvgIpc) is 2.23. The molecule has 0 aliphatic carbocycles. The minimum Gasteiger partial charge on any atom is -0.314 e. The van der Waals surface area contributed by atoms with E-state index in [9.17, 15) is 4.79 Å². The van der Waals surface area contributed by atoms with Gasteiger partial charge in [0, 0.05) is 42.4 Å². The van der Waals surface area contributed by atoms with Crippen molar-refractivity contribution in [2.45, 2.75) is 13.5 Å². The Hall–Kier alpha value is -0.650. The summed E-state index contributed by atoms with van der Waals surface area (Å²) in [4.78, 5) is 13.9. The number of likely N-dealkylation sites (N-methyl/N-ethyl adjacent to an activating group) is 1. The summed E-state index contributed by atoms with van der Waals surface area (Å²) in [6, 6.07) is 1.85. The molecule has 0 saturated heterocycles. The predicted molar refractivity (Wildman–Crippen MR) is 74.6 cm³/mol. The van der Waals surface area contributed by atoms with Crippen LogP contribution in [0.2, 0.25) is 0 Å². The summed E-state index contributed by atoms with van der Waals surface area (Å²) < 4.78 is 2.69. The molecule has 0 amide bonds. The molecule has 0 saturated carbocycles. The van der Waals surface area contributed by atoms with E-state index >= 15 is 0 Å². The van der Waals surface area contributed by atoms with Crippen molar-refractivity contribution >= 4 is 15.9 Å². The first-order valence-electron chi connectivity index (χ1n) is 5.72. The van der Waals surface area contributed by atoms with Gasteiger partial charge in [0.2, 0.25) is 0 Å². The molecule has 0 unspecified atom stereocenters. The van der Waals surface area contributed by atoms with Gasteiger partial charge in [0.15, 0.2) is 0 Å². The van der Waals surface area contributed by atoms with Gasteiger partial charge in [0.1, 0.15) is 0 Å². The molecule has 4 nitrogen and oxygen atoms in total. The van der Waals surface area contributed by atoms with Gasteiger partial charge in [-0.05, 0) is 43.0 Å². The Morgan fingerprint density at radius 1 is 1.41 bits per heavy atom. The SMILES string of the molecule is Cc1cc(Br)cn(CCNCCN(C)C)c1=O. The van der Waals surface area contributed by atoms with Crippen LogP contribution < -0.4 is 10.9 Å². The van der Waals surface area contributed by atoms with Gasteiger partial charge in [0.25, 0.3) is 5.56 Å². The molecule has 0 aliphatic heterocycles. The van der Waals surface area contributed by atoms with Gasteiger partial charge in [-0.2, -0.15) is 0 Å². The van der Waals surface area contributed by atoms with Gasteiger partial charge >= 0.3 is 0 Å². The third-order valence-corrected chi connectivity index (χ3v) is 2.93. The molecule has 0 aromatic carbocycles. The molecule has 1 aromatic heterocycles. The highest BCUT2D eigenvalue weighted by Gasteiger charge is 2.01. The van der Waals surface area contributed by atoms with Crippen molar-refractivity contribution in [1.82, 2.24) is 14.8 Å². The van der Waals surface area contributed by atoms with Crippen LogP contribution in [0.3, 0.4) is 0 Å². The lowest BCUT2D eigenvalue weighted by atomic mass is 10.3.